The summed E-state index contributed by atoms with van der Waals surface area (Å²) in [6, 6.07) is 5.59. The second-order valence-electron chi connectivity index (χ2n) is 7.37. The van der Waals surface area contributed by atoms with Gasteiger partial charge in [0, 0.05) is 38.0 Å². The van der Waals surface area contributed by atoms with Crippen LogP contribution in [-0.2, 0) is 9.59 Å². The molecule has 1 aromatic carbocycles. The van der Waals surface area contributed by atoms with Crippen molar-refractivity contribution in [2.45, 2.75) is 31.8 Å². The molecule has 2 unspecified atom stereocenters. The number of aldehydes is 2. The highest BCUT2D eigenvalue weighted by Gasteiger charge is 2.37. The smallest absolute Gasteiger partial charge is 0.237 e. The van der Waals surface area contributed by atoms with Gasteiger partial charge < -0.3 is 19.4 Å². The Bertz CT molecular complexity index is 1080. The molecule has 0 spiro atoms. The first kappa shape index (κ1) is 20.6. The van der Waals surface area contributed by atoms with E-state index in [1.54, 1.807) is 35.3 Å². The van der Waals surface area contributed by atoms with Gasteiger partial charge in [0.25, 0.3) is 0 Å². The van der Waals surface area contributed by atoms with Gasteiger partial charge in [-0.2, -0.15) is 4.98 Å². The molecule has 31 heavy (non-hydrogen) atoms. The number of carbonyl (C=O) groups excluding carboxylic acids is 2. The molecule has 0 radical (unpaired) electrons. The Balaban J connectivity index is 1.81. The lowest BCUT2D eigenvalue weighted by atomic mass is 9.99. The third kappa shape index (κ3) is 3.67. The molecule has 8 nitrogen and oxygen atoms in total. The Hall–Kier alpha value is -3.62. The quantitative estimate of drug-likeness (QED) is 0.541. The number of carbonyl (C=O) groups is 2. The van der Waals surface area contributed by atoms with Gasteiger partial charge in [-0.05, 0) is 30.7 Å². The molecule has 0 saturated carbocycles. The van der Waals surface area contributed by atoms with E-state index in [-0.39, 0.29) is 17.9 Å². The fourth-order valence-electron chi connectivity index (χ4n) is 4.08. The molecular weight excluding hydrogens is 399 g/mol. The van der Waals surface area contributed by atoms with Crippen LogP contribution in [0.2, 0.25) is 0 Å². The molecule has 2 atom stereocenters. The van der Waals surface area contributed by atoms with Crippen LogP contribution in [0.4, 0.5) is 15.9 Å². The summed E-state index contributed by atoms with van der Waals surface area (Å²) >= 11 is 0. The van der Waals surface area contributed by atoms with Crippen LogP contribution < -0.4 is 9.80 Å². The molecule has 1 aliphatic heterocycles. The highest BCUT2D eigenvalue weighted by Crippen LogP contribution is 2.37. The molecule has 0 fully saturated rings. The third-order valence-electron chi connectivity index (χ3n) is 5.64. The monoisotopic (exact) mass is 422 g/mol. The summed E-state index contributed by atoms with van der Waals surface area (Å²) in [5.41, 5.74) is 1.45. The maximum Gasteiger partial charge on any atom is 0.237 e. The van der Waals surface area contributed by atoms with Crippen molar-refractivity contribution in [3.63, 3.8) is 0 Å². The summed E-state index contributed by atoms with van der Waals surface area (Å²) in [4.78, 5) is 40.5. The number of hydrogen-bond donors (Lipinski definition) is 0. The van der Waals surface area contributed by atoms with Gasteiger partial charge in [-0.15, -0.1) is 0 Å². The Kier molecular flexibility index (Phi) is 5.75. The molecule has 0 saturated heterocycles. The summed E-state index contributed by atoms with van der Waals surface area (Å²) in [6.07, 6.45) is 7.91. The van der Waals surface area contributed by atoms with E-state index in [2.05, 4.69) is 9.97 Å². The van der Waals surface area contributed by atoms with Gasteiger partial charge >= 0.3 is 0 Å². The Morgan fingerprint density at radius 1 is 1.16 bits per heavy atom. The zero-order valence-electron chi connectivity index (χ0n) is 17.3. The average Bonchev–Trinajstić information content (AvgIpc) is 3.28. The average molecular weight is 422 g/mol. The van der Waals surface area contributed by atoms with E-state index in [0.29, 0.717) is 30.6 Å². The number of likely N-dealkylation sites (N-methyl/N-ethyl adjacent to an activating group) is 1. The topological polar surface area (TPSA) is 84.2 Å². The molecule has 1 aliphatic rings. The molecule has 160 valence electrons. The van der Waals surface area contributed by atoms with Crippen molar-refractivity contribution < 1.29 is 14.0 Å². The van der Waals surface area contributed by atoms with Crippen LogP contribution in [0, 0.1) is 5.82 Å². The van der Waals surface area contributed by atoms with Crippen molar-refractivity contribution >= 4 is 24.1 Å². The zero-order valence-corrected chi connectivity index (χ0v) is 17.3. The van der Waals surface area contributed by atoms with Gasteiger partial charge in [-0.1, -0.05) is 6.92 Å². The summed E-state index contributed by atoms with van der Waals surface area (Å²) < 4.78 is 15.1. The van der Waals surface area contributed by atoms with Gasteiger partial charge in [0.2, 0.25) is 5.95 Å². The molecular formula is C22H23FN6O2. The first-order chi connectivity index (χ1) is 15.1. The number of benzene rings is 1. The summed E-state index contributed by atoms with van der Waals surface area (Å²) in [5, 5.41) is 0. The normalized spacial score (nSPS) is 18.0. The van der Waals surface area contributed by atoms with Gasteiger partial charge in [0.15, 0.2) is 5.82 Å². The zero-order chi connectivity index (χ0) is 22.0. The minimum atomic E-state index is -0.360. The number of rotatable bonds is 7. The number of imidazole rings is 1. The van der Waals surface area contributed by atoms with E-state index in [1.807, 2.05) is 23.8 Å². The van der Waals surface area contributed by atoms with Crippen LogP contribution >= 0.6 is 0 Å². The third-order valence-corrected chi connectivity index (χ3v) is 5.64. The Morgan fingerprint density at radius 2 is 1.94 bits per heavy atom. The van der Waals surface area contributed by atoms with Crippen LogP contribution in [0.5, 0.6) is 0 Å². The second-order valence-corrected chi connectivity index (χ2v) is 7.37. The first-order valence-corrected chi connectivity index (χ1v) is 10.1. The van der Waals surface area contributed by atoms with Crippen molar-refractivity contribution in [2.24, 2.45) is 0 Å². The molecule has 3 aromatic rings. The van der Waals surface area contributed by atoms with Crippen molar-refractivity contribution in [3.8, 4) is 17.3 Å². The number of halogens is 1. The van der Waals surface area contributed by atoms with E-state index >= 15 is 0 Å². The lowest BCUT2D eigenvalue weighted by molar-refractivity contribution is -0.109. The standard InChI is InChI=1S/C22H23FN6O2/c1-3-17-19(14-31)27(2)18-13-25-22(26-21(18)28(17)10-4-12-30)29-11-9-24-20(29)15-5-7-16(23)8-6-15/h5-9,11-14,17,19H,3-4,10H2,1-2H3. The highest BCUT2D eigenvalue weighted by molar-refractivity contribution is 5.79. The molecule has 2 aromatic heterocycles. The van der Waals surface area contributed by atoms with Crippen LogP contribution in [0.1, 0.15) is 19.8 Å². The predicted octanol–water partition coefficient (Wildman–Crippen LogP) is 2.66. The SMILES string of the molecule is CCC1C(C=O)N(C)c2cnc(-n3ccnc3-c3ccc(F)cc3)nc2N1CCC=O. The maximum absolute atomic E-state index is 13.3. The number of anilines is 2. The van der Waals surface area contributed by atoms with Crippen LogP contribution in [-0.4, -0.2) is 57.8 Å². The molecule has 0 amide bonds. The largest absolute Gasteiger partial charge is 0.359 e. The van der Waals surface area contributed by atoms with Crippen molar-refractivity contribution in [3.05, 3.63) is 48.7 Å². The van der Waals surface area contributed by atoms with E-state index in [4.69, 9.17) is 4.98 Å². The molecule has 9 heteroatoms. The number of hydrogen-bond acceptors (Lipinski definition) is 7. The fourth-order valence-corrected chi connectivity index (χ4v) is 4.08. The minimum absolute atomic E-state index is 0.114. The lowest BCUT2D eigenvalue weighted by Gasteiger charge is -2.45. The predicted molar refractivity (Wildman–Crippen MR) is 115 cm³/mol. The number of nitrogens with zero attached hydrogens (tertiary/aromatic N) is 6. The molecule has 0 bridgehead atoms. The summed E-state index contributed by atoms with van der Waals surface area (Å²) in [7, 11) is 1.85. The van der Waals surface area contributed by atoms with Crippen molar-refractivity contribution in [1.82, 2.24) is 19.5 Å². The van der Waals surface area contributed by atoms with Gasteiger partial charge in [0.05, 0.1) is 17.9 Å². The minimum Gasteiger partial charge on any atom is -0.359 e. The highest BCUT2D eigenvalue weighted by atomic mass is 19.1. The van der Waals surface area contributed by atoms with E-state index in [1.165, 1.54) is 12.1 Å². The van der Waals surface area contributed by atoms with Crippen molar-refractivity contribution in [1.29, 1.82) is 0 Å². The van der Waals surface area contributed by atoms with Crippen LogP contribution in [0.3, 0.4) is 0 Å². The van der Waals surface area contributed by atoms with E-state index in [9.17, 15) is 14.0 Å². The summed E-state index contributed by atoms with van der Waals surface area (Å²) in [5.74, 6) is 1.33. The second kappa shape index (κ2) is 8.63. The maximum atomic E-state index is 13.3. The summed E-state index contributed by atoms with van der Waals surface area (Å²) in [6.45, 7) is 2.47. The first-order valence-electron chi connectivity index (χ1n) is 10.1. The molecule has 0 N–H and O–H groups in total. The molecule has 4 rings (SSSR count). The Labute approximate surface area is 179 Å². The van der Waals surface area contributed by atoms with Gasteiger partial charge in [-0.25, -0.2) is 14.4 Å². The van der Waals surface area contributed by atoms with E-state index < -0.39 is 0 Å². The van der Waals surface area contributed by atoms with E-state index in [0.717, 1.165) is 30.2 Å². The van der Waals surface area contributed by atoms with Gasteiger partial charge in [0.1, 0.15) is 30.3 Å². The van der Waals surface area contributed by atoms with Crippen LogP contribution in [0.15, 0.2) is 42.9 Å². The van der Waals surface area contributed by atoms with Crippen LogP contribution in [0.25, 0.3) is 17.3 Å². The lowest BCUT2D eigenvalue weighted by Crippen LogP contribution is -2.56. The van der Waals surface area contributed by atoms with Gasteiger partial charge in [-0.3, -0.25) is 4.57 Å². The number of aromatic nitrogens is 4. The molecule has 3 heterocycles. The Morgan fingerprint density at radius 3 is 2.61 bits per heavy atom. The fraction of sp³-hybridized carbons (Fsp3) is 0.318. The molecule has 0 aliphatic carbocycles. The number of fused-ring (bicyclic) bond motifs is 1. The van der Waals surface area contributed by atoms with Crippen molar-refractivity contribution in [2.75, 3.05) is 23.4 Å².